The molecule has 1 atom stereocenters. The fraction of sp³-hybridized carbons (Fsp3) is 0.300. The summed E-state index contributed by atoms with van der Waals surface area (Å²) >= 11 is 7.12. The lowest BCUT2D eigenvalue weighted by atomic mass is 10.1. The number of anilines is 1. The van der Waals surface area contributed by atoms with Gasteiger partial charge in [0.05, 0.1) is 21.3 Å². The molecule has 6 heteroatoms. The predicted molar refractivity (Wildman–Crippen MR) is 112 cm³/mol. The summed E-state index contributed by atoms with van der Waals surface area (Å²) in [6.45, 7) is 1.63. The maximum absolute atomic E-state index is 5.59. The highest BCUT2D eigenvalue weighted by atomic mass is 32.1. The number of fused-ring (bicyclic) bond motifs is 1. The number of thiocarbonyl (C=S) groups is 1. The van der Waals surface area contributed by atoms with E-state index in [0.29, 0.717) is 5.11 Å². The first-order valence-electron chi connectivity index (χ1n) is 8.86. The Labute approximate surface area is 162 Å². The Balaban J connectivity index is 1.31. The van der Waals surface area contributed by atoms with Crippen LogP contribution in [0.25, 0.3) is 10.2 Å². The van der Waals surface area contributed by atoms with Gasteiger partial charge in [0.2, 0.25) is 0 Å². The molecule has 0 radical (unpaired) electrons. The van der Waals surface area contributed by atoms with E-state index >= 15 is 0 Å². The topological polar surface area (TPSA) is 46.2 Å². The van der Waals surface area contributed by atoms with Crippen LogP contribution in [0.4, 0.5) is 5.69 Å². The van der Waals surface area contributed by atoms with Crippen molar-refractivity contribution >= 4 is 44.6 Å². The number of thiazole rings is 1. The second-order valence-electron chi connectivity index (χ2n) is 6.42. The van der Waals surface area contributed by atoms with E-state index < -0.39 is 0 Å². The normalized spacial score (nSPS) is 16.7. The van der Waals surface area contributed by atoms with Gasteiger partial charge in [-0.3, -0.25) is 0 Å². The van der Waals surface area contributed by atoms with Gasteiger partial charge in [0.25, 0.3) is 0 Å². The summed E-state index contributed by atoms with van der Waals surface area (Å²) in [5.41, 5.74) is 3.31. The lowest BCUT2D eigenvalue weighted by Crippen LogP contribution is -2.34. The Morgan fingerprint density at radius 1 is 1.19 bits per heavy atom. The van der Waals surface area contributed by atoms with Crippen molar-refractivity contribution in [2.75, 3.05) is 18.5 Å². The van der Waals surface area contributed by atoms with Gasteiger partial charge in [-0.1, -0.05) is 24.3 Å². The number of ether oxygens (including phenoxy) is 1. The minimum Gasteiger partial charge on any atom is -0.376 e. The van der Waals surface area contributed by atoms with Crippen LogP contribution >= 0.6 is 23.6 Å². The zero-order valence-electron chi connectivity index (χ0n) is 14.4. The minimum atomic E-state index is 0.283. The van der Waals surface area contributed by atoms with Crippen molar-refractivity contribution in [3.8, 4) is 0 Å². The van der Waals surface area contributed by atoms with Crippen molar-refractivity contribution in [1.29, 1.82) is 0 Å². The van der Waals surface area contributed by atoms with Gasteiger partial charge >= 0.3 is 0 Å². The van der Waals surface area contributed by atoms with Crippen LogP contribution in [0.15, 0.2) is 48.5 Å². The molecular weight excluding hydrogens is 362 g/mol. The lowest BCUT2D eigenvalue weighted by molar-refractivity contribution is 0.114. The molecule has 0 amide bonds. The smallest absolute Gasteiger partial charge is 0.170 e. The zero-order chi connectivity index (χ0) is 17.8. The molecule has 1 aromatic heterocycles. The number of para-hydroxylation sites is 1. The van der Waals surface area contributed by atoms with E-state index in [4.69, 9.17) is 21.9 Å². The maximum Gasteiger partial charge on any atom is 0.170 e. The van der Waals surface area contributed by atoms with Crippen molar-refractivity contribution in [3.63, 3.8) is 0 Å². The molecule has 2 N–H and O–H groups in total. The van der Waals surface area contributed by atoms with Gasteiger partial charge < -0.3 is 15.4 Å². The molecule has 134 valence electrons. The third-order valence-electron chi connectivity index (χ3n) is 4.42. The Morgan fingerprint density at radius 3 is 2.81 bits per heavy atom. The number of nitrogens with one attached hydrogen (secondary N) is 2. The van der Waals surface area contributed by atoms with E-state index in [1.807, 2.05) is 6.07 Å². The molecule has 1 aliphatic heterocycles. The molecule has 2 aromatic carbocycles. The highest BCUT2D eigenvalue weighted by Crippen LogP contribution is 2.24. The van der Waals surface area contributed by atoms with Gasteiger partial charge in [0.15, 0.2) is 5.11 Å². The second-order valence-corrected chi connectivity index (χ2v) is 7.94. The molecule has 4 rings (SSSR count). The number of aromatic nitrogens is 1. The minimum absolute atomic E-state index is 0.283. The number of hydrogen-bond acceptors (Lipinski definition) is 4. The fourth-order valence-electron chi connectivity index (χ4n) is 3.06. The summed E-state index contributed by atoms with van der Waals surface area (Å²) in [5, 5.41) is 8.24. The molecule has 2 heterocycles. The molecular formula is C20H21N3OS2. The molecule has 4 nitrogen and oxygen atoms in total. The summed E-state index contributed by atoms with van der Waals surface area (Å²) < 4.78 is 6.83. The van der Waals surface area contributed by atoms with Gasteiger partial charge in [-0.25, -0.2) is 4.98 Å². The van der Waals surface area contributed by atoms with E-state index in [0.717, 1.165) is 48.6 Å². The molecule has 1 saturated heterocycles. The highest BCUT2D eigenvalue weighted by molar-refractivity contribution is 7.80. The van der Waals surface area contributed by atoms with Crippen molar-refractivity contribution in [2.45, 2.75) is 25.4 Å². The zero-order valence-corrected chi connectivity index (χ0v) is 16.0. The second kappa shape index (κ2) is 8.12. The van der Waals surface area contributed by atoms with E-state index in [2.05, 4.69) is 53.1 Å². The summed E-state index contributed by atoms with van der Waals surface area (Å²) in [7, 11) is 0. The first kappa shape index (κ1) is 17.4. The van der Waals surface area contributed by atoms with Gasteiger partial charge in [-0.05, 0) is 54.9 Å². The Bertz CT molecular complexity index is 852. The van der Waals surface area contributed by atoms with Gasteiger partial charge in [0.1, 0.15) is 0 Å². The van der Waals surface area contributed by atoms with E-state index in [1.54, 1.807) is 11.3 Å². The number of benzene rings is 2. The molecule has 0 saturated carbocycles. The van der Waals surface area contributed by atoms with Crippen molar-refractivity contribution in [3.05, 3.63) is 59.1 Å². The third kappa shape index (κ3) is 4.38. The van der Waals surface area contributed by atoms with Crippen molar-refractivity contribution < 1.29 is 4.74 Å². The summed E-state index contributed by atoms with van der Waals surface area (Å²) in [5.74, 6) is 0. The number of rotatable bonds is 5. The average Bonchev–Trinajstić information content (AvgIpc) is 3.30. The van der Waals surface area contributed by atoms with Gasteiger partial charge in [-0.2, -0.15) is 0 Å². The summed E-state index contributed by atoms with van der Waals surface area (Å²) in [6.07, 6.45) is 3.38. The Kier molecular flexibility index (Phi) is 5.43. The standard InChI is InChI=1S/C20H21N3OS2/c25-20(21-13-16-4-3-11-24-16)22-15-9-7-14(8-10-15)12-19-23-17-5-1-2-6-18(17)26-19/h1-2,5-10,16H,3-4,11-13H2,(H2,21,22,25)/t16-/m1/s1. The van der Waals surface area contributed by atoms with Crippen LogP contribution in [0.5, 0.6) is 0 Å². The van der Waals surface area contributed by atoms with Crippen molar-refractivity contribution in [1.82, 2.24) is 10.3 Å². The third-order valence-corrected chi connectivity index (χ3v) is 5.70. The van der Waals surface area contributed by atoms with Gasteiger partial charge in [-0.15, -0.1) is 11.3 Å². The largest absolute Gasteiger partial charge is 0.376 e. The van der Waals surface area contributed by atoms with Crippen LogP contribution < -0.4 is 10.6 Å². The van der Waals surface area contributed by atoms with E-state index in [-0.39, 0.29) is 6.10 Å². The van der Waals surface area contributed by atoms with Crippen molar-refractivity contribution in [2.24, 2.45) is 0 Å². The summed E-state index contributed by atoms with van der Waals surface area (Å²) in [4.78, 5) is 4.70. The average molecular weight is 384 g/mol. The molecule has 0 unspecified atom stereocenters. The van der Waals surface area contributed by atoms with E-state index in [9.17, 15) is 0 Å². The van der Waals surface area contributed by atoms with Crippen LogP contribution in [0, 0.1) is 0 Å². The molecule has 1 aliphatic rings. The summed E-state index contributed by atoms with van der Waals surface area (Å²) in [6, 6.07) is 16.6. The van der Waals surface area contributed by atoms with E-state index in [1.165, 1.54) is 10.3 Å². The molecule has 3 aromatic rings. The monoisotopic (exact) mass is 383 g/mol. The highest BCUT2D eigenvalue weighted by Gasteiger charge is 2.15. The Hall–Kier alpha value is -2.02. The first-order valence-corrected chi connectivity index (χ1v) is 10.1. The quantitative estimate of drug-likeness (QED) is 0.641. The first-order chi connectivity index (χ1) is 12.8. The van der Waals surface area contributed by atoms with Gasteiger partial charge in [0, 0.05) is 25.3 Å². The molecule has 1 fully saturated rings. The number of hydrogen-bond donors (Lipinski definition) is 2. The molecule has 0 aliphatic carbocycles. The van der Waals surface area contributed by atoms with Crippen LogP contribution in [0.2, 0.25) is 0 Å². The maximum atomic E-state index is 5.59. The molecule has 0 bridgehead atoms. The molecule has 26 heavy (non-hydrogen) atoms. The lowest BCUT2D eigenvalue weighted by Gasteiger charge is -2.14. The Morgan fingerprint density at radius 2 is 2.04 bits per heavy atom. The van der Waals surface area contributed by atoms with Crippen LogP contribution in [0.1, 0.15) is 23.4 Å². The van der Waals surface area contributed by atoms with Crippen LogP contribution in [0.3, 0.4) is 0 Å². The van der Waals surface area contributed by atoms with Crippen LogP contribution in [-0.4, -0.2) is 29.4 Å². The van der Waals surface area contributed by atoms with Crippen LogP contribution in [-0.2, 0) is 11.2 Å². The fourth-order valence-corrected chi connectivity index (χ4v) is 4.27. The molecule has 0 spiro atoms. The number of nitrogens with zero attached hydrogens (tertiary/aromatic N) is 1. The SMILES string of the molecule is S=C(NC[C@H]1CCCO1)Nc1ccc(Cc2nc3ccccc3s2)cc1. The predicted octanol–water partition coefficient (Wildman–Crippen LogP) is 4.35.